The Labute approximate surface area is 114 Å². The molecule has 0 aliphatic carbocycles. The van der Waals surface area contributed by atoms with Gasteiger partial charge in [-0.25, -0.2) is 0 Å². The molecule has 2 rings (SSSR count). The third kappa shape index (κ3) is 2.79. The average Bonchev–Trinajstić information content (AvgIpc) is 2.42. The van der Waals surface area contributed by atoms with Gasteiger partial charge in [0.05, 0.1) is 13.7 Å². The fourth-order valence-corrected chi connectivity index (χ4v) is 2.48. The number of hydrogen-bond donors (Lipinski definition) is 1. The third-order valence-electron chi connectivity index (χ3n) is 3.56. The van der Waals surface area contributed by atoms with Crippen LogP contribution in [0.4, 0.5) is 0 Å². The minimum atomic E-state index is 0.00374. The number of rotatable bonds is 4. The Morgan fingerprint density at radius 2 is 1.53 bits per heavy atom. The van der Waals surface area contributed by atoms with Gasteiger partial charge in [-0.2, -0.15) is 0 Å². The highest BCUT2D eigenvalue weighted by molar-refractivity contribution is 5.46. The molecule has 0 saturated heterocycles. The van der Waals surface area contributed by atoms with Gasteiger partial charge in [0.25, 0.3) is 0 Å². The van der Waals surface area contributed by atoms with Crippen LogP contribution in [0.5, 0.6) is 5.75 Å². The quantitative estimate of drug-likeness (QED) is 0.908. The van der Waals surface area contributed by atoms with Gasteiger partial charge in [-0.3, -0.25) is 0 Å². The van der Waals surface area contributed by atoms with E-state index in [0.717, 1.165) is 23.3 Å². The van der Waals surface area contributed by atoms with E-state index in [9.17, 15) is 5.11 Å². The van der Waals surface area contributed by atoms with Crippen molar-refractivity contribution in [2.45, 2.75) is 26.9 Å². The summed E-state index contributed by atoms with van der Waals surface area (Å²) in [5.74, 6) is 0.799. The van der Waals surface area contributed by atoms with Crippen molar-refractivity contribution in [3.63, 3.8) is 0 Å². The van der Waals surface area contributed by atoms with Gasteiger partial charge in [-0.15, -0.1) is 0 Å². The van der Waals surface area contributed by atoms with E-state index >= 15 is 0 Å². The number of aliphatic hydroxyl groups is 1. The van der Waals surface area contributed by atoms with E-state index in [1.165, 1.54) is 16.7 Å². The number of benzene rings is 2. The maximum absolute atomic E-state index is 9.37. The van der Waals surface area contributed by atoms with Crippen molar-refractivity contribution >= 4 is 0 Å². The van der Waals surface area contributed by atoms with Crippen LogP contribution < -0.4 is 4.74 Å². The molecule has 0 spiro atoms. The first-order chi connectivity index (χ1) is 9.17. The lowest BCUT2D eigenvalue weighted by atomic mass is 9.95. The van der Waals surface area contributed by atoms with Crippen LogP contribution in [0.15, 0.2) is 36.4 Å². The molecule has 0 aromatic heterocycles. The van der Waals surface area contributed by atoms with Gasteiger partial charge < -0.3 is 9.84 Å². The summed E-state index contributed by atoms with van der Waals surface area (Å²) >= 11 is 0. The Hall–Kier alpha value is -1.80. The zero-order chi connectivity index (χ0) is 13.8. The van der Waals surface area contributed by atoms with Crippen molar-refractivity contribution in [1.82, 2.24) is 0 Å². The van der Waals surface area contributed by atoms with Gasteiger partial charge in [0.2, 0.25) is 0 Å². The number of hydrogen-bond acceptors (Lipinski definition) is 2. The van der Waals surface area contributed by atoms with E-state index in [1.807, 2.05) is 12.1 Å². The second-order valence-electron chi connectivity index (χ2n) is 4.81. The summed E-state index contributed by atoms with van der Waals surface area (Å²) in [7, 11) is 1.66. The van der Waals surface area contributed by atoms with Crippen molar-refractivity contribution in [2.75, 3.05) is 7.11 Å². The molecule has 0 radical (unpaired) electrons. The van der Waals surface area contributed by atoms with E-state index < -0.39 is 0 Å². The van der Waals surface area contributed by atoms with Crippen molar-refractivity contribution in [2.24, 2.45) is 0 Å². The molecule has 0 aliphatic rings. The summed E-state index contributed by atoms with van der Waals surface area (Å²) in [6, 6.07) is 12.3. The van der Waals surface area contributed by atoms with Crippen LogP contribution in [-0.2, 0) is 13.0 Å². The normalized spacial score (nSPS) is 10.5. The van der Waals surface area contributed by atoms with Crippen LogP contribution in [0.2, 0.25) is 0 Å². The highest BCUT2D eigenvalue weighted by Crippen LogP contribution is 2.28. The molecule has 19 heavy (non-hydrogen) atoms. The monoisotopic (exact) mass is 256 g/mol. The number of aryl methyl sites for hydroxylation is 2. The van der Waals surface area contributed by atoms with E-state index in [4.69, 9.17) is 4.74 Å². The van der Waals surface area contributed by atoms with Crippen LogP contribution in [0, 0.1) is 13.8 Å². The standard InChI is InChI=1S/C17H20O2/c1-12-6-4-7-13(2)16(12)10-14-8-5-9-15(11-18)17(14)19-3/h4-9,18H,10-11H2,1-3H3. The molecule has 0 heterocycles. The number of para-hydroxylation sites is 1. The summed E-state index contributed by atoms with van der Waals surface area (Å²) in [6.07, 6.45) is 0.829. The minimum absolute atomic E-state index is 0.00374. The first-order valence-electron chi connectivity index (χ1n) is 6.48. The first-order valence-corrected chi connectivity index (χ1v) is 6.48. The largest absolute Gasteiger partial charge is 0.496 e. The van der Waals surface area contributed by atoms with E-state index in [0.29, 0.717) is 0 Å². The number of methoxy groups -OCH3 is 1. The van der Waals surface area contributed by atoms with Crippen LogP contribution in [0.3, 0.4) is 0 Å². The molecular weight excluding hydrogens is 236 g/mol. The van der Waals surface area contributed by atoms with Crippen molar-refractivity contribution in [1.29, 1.82) is 0 Å². The number of aliphatic hydroxyl groups excluding tert-OH is 1. The smallest absolute Gasteiger partial charge is 0.127 e. The SMILES string of the molecule is COc1c(CO)cccc1Cc1c(C)cccc1C. The Balaban J connectivity index is 2.44. The molecule has 0 bridgehead atoms. The predicted octanol–water partition coefficient (Wildman–Crippen LogP) is 3.40. The topological polar surface area (TPSA) is 29.5 Å². The summed E-state index contributed by atoms with van der Waals surface area (Å²) in [5, 5.41) is 9.37. The summed E-state index contributed by atoms with van der Waals surface area (Å²) in [4.78, 5) is 0. The Bertz CT molecular complexity index is 553. The molecule has 2 aromatic rings. The van der Waals surface area contributed by atoms with Gasteiger partial charge in [-0.1, -0.05) is 36.4 Å². The molecule has 100 valence electrons. The van der Waals surface area contributed by atoms with Crippen LogP contribution in [0.25, 0.3) is 0 Å². The highest BCUT2D eigenvalue weighted by atomic mass is 16.5. The molecule has 0 atom stereocenters. The lowest BCUT2D eigenvalue weighted by Gasteiger charge is -2.15. The zero-order valence-corrected chi connectivity index (χ0v) is 11.7. The molecule has 0 aliphatic heterocycles. The molecule has 2 heteroatoms. The molecule has 0 fully saturated rings. The van der Waals surface area contributed by atoms with Gasteiger partial charge >= 0.3 is 0 Å². The Kier molecular flexibility index (Phi) is 4.23. The maximum Gasteiger partial charge on any atom is 0.127 e. The molecule has 2 nitrogen and oxygen atoms in total. The fourth-order valence-electron chi connectivity index (χ4n) is 2.48. The summed E-state index contributed by atoms with van der Waals surface area (Å²) in [6.45, 7) is 4.26. The molecule has 1 N–H and O–H groups in total. The molecule has 0 amide bonds. The Morgan fingerprint density at radius 3 is 2.11 bits per heavy atom. The fraction of sp³-hybridized carbons (Fsp3) is 0.294. The van der Waals surface area contributed by atoms with Crippen molar-refractivity contribution < 1.29 is 9.84 Å². The lowest BCUT2D eigenvalue weighted by Crippen LogP contribution is -2.01. The first kappa shape index (κ1) is 13.6. The highest BCUT2D eigenvalue weighted by Gasteiger charge is 2.11. The van der Waals surface area contributed by atoms with Crippen LogP contribution in [0.1, 0.15) is 27.8 Å². The van der Waals surface area contributed by atoms with Gasteiger partial charge in [0.1, 0.15) is 5.75 Å². The maximum atomic E-state index is 9.37. The second-order valence-corrected chi connectivity index (χ2v) is 4.81. The van der Waals surface area contributed by atoms with Crippen LogP contribution in [-0.4, -0.2) is 12.2 Å². The van der Waals surface area contributed by atoms with Crippen molar-refractivity contribution in [3.8, 4) is 5.75 Å². The van der Waals surface area contributed by atoms with Crippen molar-refractivity contribution in [3.05, 3.63) is 64.2 Å². The third-order valence-corrected chi connectivity index (χ3v) is 3.56. The van der Waals surface area contributed by atoms with Gasteiger partial charge in [-0.05, 0) is 36.1 Å². The zero-order valence-electron chi connectivity index (χ0n) is 11.7. The average molecular weight is 256 g/mol. The Morgan fingerprint density at radius 1 is 0.947 bits per heavy atom. The molecular formula is C17H20O2. The van der Waals surface area contributed by atoms with E-state index in [1.54, 1.807) is 7.11 Å². The molecule has 2 aromatic carbocycles. The second kappa shape index (κ2) is 5.89. The van der Waals surface area contributed by atoms with Gasteiger partial charge in [0.15, 0.2) is 0 Å². The summed E-state index contributed by atoms with van der Waals surface area (Å²) in [5.41, 5.74) is 5.86. The van der Waals surface area contributed by atoms with E-state index in [-0.39, 0.29) is 6.61 Å². The number of ether oxygens (including phenoxy) is 1. The molecule has 0 saturated carbocycles. The predicted molar refractivity (Wildman–Crippen MR) is 77.6 cm³/mol. The lowest BCUT2D eigenvalue weighted by molar-refractivity contribution is 0.273. The summed E-state index contributed by atoms with van der Waals surface area (Å²) < 4.78 is 5.46. The van der Waals surface area contributed by atoms with E-state index in [2.05, 4.69) is 38.1 Å². The molecule has 0 unspecified atom stereocenters. The van der Waals surface area contributed by atoms with Crippen LogP contribution >= 0.6 is 0 Å². The minimum Gasteiger partial charge on any atom is -0.496 e. The van der Waals surface area contributed by atoms with Gasteiger partial charge in [0, 0.05) is 12.0 Å².